The van der Waals surface area contributed by atoms with Gasteiger partial charge in [0.2, 0.25) is 5.75 Å². The molecule has 6 nitrogen and oxygen atoms in total. The van der Waals surface area contributed by atoms with E-state index in [-0.39, 0.29) is 0 Å². The van der Waals surface area contributed by atoms with Crippen molar-refractivity contribution in [2.45, 2.75) is 6.92 Å². The zero-order valence-electron chi connectivity index (χ0n) is 10.2. The molecule has 2 rings (SSSR count). The molecule has 18 heavy (non-hydrogen) atoms. The van der Waals surface area contributed by atoms with E-state index in [1.165, 1.54) is 13.4 Å². The summed E-state index contributed by atoms with van der Waals surface area (Å²) in [7, 11) is 1.50. The van der Waals surface area contributed by atoms with Crippen molar-refractivity contribution < 1.29 is 9.47 Å². The van der Waals surface area contributed by atoms with E-state index >= 15 is 0 Å². The minimum atomic E-state index is 0.315. The summed E-state index contributed by atoms with van der Waals surface area (Å²) in [5, 5.41) is 0. The van der Waals surface area contributed by atoms with Crippen LogP contribution in [0, 0.1) is 6.92 Å². The first-order valence-corrected chi connectivity index (χ1v) is 5.35. The van der Waals surface area contributed by atoms with E-state index in [0.29, 0.717) is 23.2 Å². The summed E-state index contributed by atoms with van der Waals surface area (Å²) >= 11 is 0. The number of nitrogens with two attached hydrogens (primary N) is 1. The van der Waals surface area contributed by atoms with Crippen LogP contribution >= 0.6 is 0 Å². The zero-order chi connectivity index (χ0) is 13.0. The number of aromatic nitrogens is 2. The van der Waals surface area contributed by atoms with Gasteiger partial charge in [-0.25, -0.2) is 10.8 Å². The van der Waals surface area contributed by atoms with Crippen LogP contribution in [0.3, 0.4) is 0 Å². The van der Waals surface area contributed by atoms with E-state index in [0.717, 1.165) is 5.56 Å². The van der Waals surface area contributed by atoms with Crippen molar-refractivity contribution >= 4 is 5.82 Å². The zero-order valence-corrected chi connectivity index (χ0v) is 10.2. The van der Waals surface area contributed by atoms with Crippen LogP contribution in [-0.2, 0) is 0 Å². The topological polar surface area (TPSA) is 82.3 Å². The highest BCUT2D eigenvalue weighted by molar-refractivity contribution is 5.55. The molecular formula is C12H14N4O2. The smallest absolute Gasteiger partial charge is 0.268 e. The van der Waals surface area contributed by atoms with Gasteiger partial charge >= 0.3 is 0 Å². The number of benzene rings is 1. The lowest BCUT2D eigenvalue weighted by atomic mass is 10.2. The van der Waals surface area contributed by atoms with E-state index in [9.17, 15) is 0 Å². The van der Waals surface area contributed by atoms with Gasteiger partial charge in [-0.2, -0.15) is 4.98 Å². The highest BCUT2D eigenvalue weighted by atomic mass is 16.5. The molecule has 0 bridgehead atoms. The van der Waals surface area contributed by atoms with Crippen LogP contribution in [0.2, 0.25) is 0 Å². The fourth-order valence-electron chi connectivity index (χ4n) is 1.49. The van der Waals surface area contributed by atoms with Gasteiger partial charge in [0.1, 0.15) is 12.1 Å². The Bertz CT molecular complexity index is 545. The van der Waals surface area contributed by atoms with Gasteiger partial charge in [0.25, 0.3) is 5.88 Å². The fraction of sp³-hybridized carbons (Fsp3) is 0.167. The van der Waals surface area contributed by atoms with Gasteiger partial charge < -0.3 is 14.9 Å². The van der Waals surface area contributed by atoms with E-state index < -0.39 is 0 Å². The normalized spacial score (nSPS) is 9.94. The Morgan fingerprint density at radius 2 is 2.00 bits per heavy atom. The number of hydrazine groups is 1. The number of hydrogen-bond acceptors (Lipinski definition) is 6. The summed E-state index contributed by atoms with van der Waals surface area (Å²) in [6, 6.07) is 7.63. The molecule has 0 amide bonds. The average molecular weight is 246 g/mol. The summed E-state index contributed by atoms with van der Waals surface area (Å²) in [6.45, 7) is 1.95. The van der Waals surface area contributed by atoms with Crippen molar-refractivity contribution in [3.8, 4) is 17.4 Å². The Kier molecular flexibility index (Phi) is 3.59. The maximum atomic E-state index is 5.70. The van der Waals surface area contributed by atoms with E-state index in [2.05, 4.69) is 15.4 Å². The number of nitrogens with one attached hydrogen (secondary N) is 1. The first-order chi connectivity index (χ1) is 8.76. The predicted molar refractivity (Wildman–Crippen MR) is 67.6 cm³/mol. The number of aryl methyl sites for hydroxylation is 1. The minimum absolute atomic E-state index is 0.315. The van der Waals surface area contributed by atoms with Gasteiger partial charge in [-0.05, 0) is 18.6 Å². The Morgan fingerprint density at radius 1 is 1.22 bits per heavy atom. The van der Waals surface area contributed by atoms with Crippen LogP contribution in [0.5, 0.6) is 17.4 Å². The van der Waals surface area contributed by atoms with E-state index in [1.54, 1.807) is 0 Å². The van der Waals surface area contributed by atoms with Crippen LogP contribution in [0.4, 0.5) is 5.82 Å². The number of hydrogen-bond donors (Lipinski definition) is 2. The van der Waals surface area contributed by atoms with Gasteiger partial charge in [-0.1, -0.05) is 18.2 Å². The third-order valence-corrected chi connectivity index (χ3v) is 2.41. The number of nitrogens with zero attached hydrogens (tertiary/aromatic N) is 2. The number of ether oxygens (including phenoxy) is 2. The second-order valence-electron chi connectivity index (χ2n) is 3.57. The monoisotopic (exact) mass is 246 g/mol. The molecular weight excluding hydrogens is 232 g/mol. The van der Waals surface area contributed by atoms with E-state index in [1.807, 2.05) is 31.2 Å². The molecule has 1 aromatic carbocycles. The van der Waals surface area contributed by atoms with Crippen LogP contribution < -0.4 is 20.7 Å². The number of nitrogen functional groups attached to an aromatic ring is 1. The second-order valence-corrected chi connectivity index (χ2v) is 3.57. The molecule has 1 heterocycles. The first-order valence-electron chi connectivity index (χ1n) is 5.35. The standard InChI is InChI=1S/C12H14N4O2/c1-8-5-3-4-6-9(8)18-12-10(17-2)11(16-13)14-7-15-12/h3-7H,13H2,1-2H3,(H,14,15,16). The Morgan fingerprint density at radius 3 is 2.67 bits per heavy atom. The maximum Gasteiger partial charge on any atom is 0.268 e. The van der Waals surface area contributed by atoms with Crippen LogP contribution in [-0.4, -0.2) is 17.1 Å². The molecule has 2 aromatic rings. The quantitative estimate of drug-likeness (QED) is 0.633. The lowest BCUT2D eigenvalue weighted by Gasteiger charge is -2.12. The SMILES string of the molecule is COc1c(NN)ncnc1Oc1ccccc1C. The van der Waals surface area contributed by atoms with Crippen molar-refractivity contribution in [3.63, 3.8) is 0 Å². The number of anilines is 1. The summed E-state index contributed by atoms with van der Waals surface area (Å²) in [4.78, 5) is 7.98. The van der Waals surface area contributed by atoms with Gasteiger partial charge in [0.15, 0.2) is 5.82 Å². The van der Waals surface area contributed by atoms with Gasteiger partial charge in [-0.3, -0.25) is 0 Å². The summed E-state index contributed by atoms with van der Waals surface area (Å²) in [5.41, 5.74) is 3.43. The predicted octanol–water partition coefficient (Wildman–Crippen LogP) is 1.87. The third kappa shape index (κ3) is 2.33. The number of rotatable bonds is 4. The van der Waals surface area contributed by atoms with Crippen LogP contribution in [0.15, 0.2) is 30.6 Å². The van der Waals surface area contributed by atoms with Crippen LogP contribution in [0.25, 0.3) is 0 Å². The largest absolute Gasteiger partial charge is 0.489 e. The van der Waals surface area contributed by atoms with Crippen molar-refractivity contribution in [3.05, 3.63) is 36.2 Å². The number of methoxy groups -OCH3 is 1. The Labute approximate surface area is 105 Å². The molecule has 0 saturated carbocycles. The van der Waals surface area contributed by atoms with Crippen molar-refractivity contribution in [1.29, 1.82) is 0 Å². The molecule has 1 aromatic heterocycles. The lowest BCUT2D eigenvalue weighted by molar-refractivity contribution is 0.368. The van der Waals surface area contributed by atoms with Crippen molar-refractivity contribution in [2.24, 2.45) is 5.84 Å². The average Bonchev–Trinajstić information content (AvgIpc) is 2.41. The molecule has 94 valence electrons. The minimum Gasteiger partial charge on any atom is -0.489 e. The summed E-state index contributed by atoms with van der Waals surface area (Å²) in [5.74, 6) is 7.10. The molecule has 0 radical (unpaired) electrons. The summed E-state index contributed by atoms with van der Waals surface area (Å²) in [6.07, 6.45) is 1.35. The maximum absolute atomic E-state index is 5.70. The molecule has 3 N–H and O–H groups in total. The van der Waals surface area contributed by atoms with Crippen molar-refractivity contribution in [2.75, 3.05) is 12.5 Å². The highest BCUT2D eigenvalue weighted by Gasteiger charge is 2.14. The molecule has 0 aliphatic heterocycles. The van der Waals surface area contributed by atoms with Crippen LogP contribution in [0.1, 0.15) is 5.56 Å². The second kappa shape index (κ2) is 5.33. The van der Waals surface area contributed by atoms with Gasteiger partial charge in [0, 0.05) is 0 Å². The van der Waals surface area contributed by atoms with Crippen molar-refractivity contribution in [1.82, 2.24) is 9.97 Å². The third-order valence-electron chi connectivity index (χ3n) is 2.41. The Hall–Kier alpha value is -2.34. The fourth-order valence-corrected chi connectivity index (χ4v) is 1.49. The van der Waals surface area contributed by atoms with Gasteiger partial charge in [-0.15, -0.1) is 0 Å². The molecule has 0 aliphatic rings. The van der Waals surface area contributed by atoms with Gasteiger partial charge in [0.05, 0.1) is 7.11 Å². The highest BCUT2D eigenvalue weighted by Crippen LogP contribution is 2.34. The molecule has 0 aliphatic carbocycles. The lowest BCUT2D eigenvalue weighted by Crippen LogP contribution is -2.11. The molecule has 0 unspecified atom stereocenters. The molecule has 0 spiro atoms. The van der Waals surface area contributed by atoms with E-state index in [4.69, 9.17) is 15.3 Å². The molecule has 0 saturated heterocycles. The first kappa shape index (κ1) is 12.1. The Balaban J connectivity index is 2.37. The summed E-state index contributed by atoms with van der Waals surface area (Å²) < 4.78 is 10.9. The number of para-hydroxylation sites is 1. The molecule has 6 heteroatoms. The molecule has 0 fully saturated rings. The molecule has 0 atom stereocenters.